The van der Waals surface area contributed by atoms with Gasteiger partial charge < -0.3 is 9.88 Å². The zero-order valence-electron chi connectivity index (χ0n) is 19.7. The molecule has 0 saturated carbocycles. The standard InChI is InChI=1S/C28H36N2O/c1-18(2)22-7-6-8-23(28(22)19(3)4)27(31)16-20-9-10-26-24(15-20)25(17-29-26)21-11-13-30(5)14-12-21/h6-10,15,17-19,21,29H,11-14,16H2,1-5H3. The molecule has 1 saturated heterocycles. The van der Waals surface area contributed by atoms with E-state index in [-0.39, 0.29) is 5.78 Å². The summed E-state index contributed by atoms with van der Waals surface area (Å²) in [5.41, 5.74) is 7.11. The molecule has 0 spiro atoms. The number of piperidine rings is 1. The van der Waals surface area contributed by atoms with Crippen LogP contribution in [0.5, 0.6) is 0 Å². The van der Waals surface area contributed by atoms with E-state index in [9.17, 15) is 4.79 Å². The van der Waals surface area contributed by atoms with Gasteiger partial charge in [-0.15, -0.1) is 0 Å². The van der Waals surface area contributed by atoms with E-state index in [1.54, 1.807) is 0 Å². The van der Waals surface area contributed by atoms with Gasteiger partial charge in [0.2, 0.25) is 0 Å². The van der Waals surface area contributed by atoms with E-state index in [2.05, 4.69) is 75.1 Å². The SMILES string of the molecule is CC(C)c1cccc(C(=O)Cc2ccc3[nH]cc(C4CCN(C)CC4)c3c2)c1C(C)C. The Morgan fingerprint density at radius 1 is 1.06 bits per heavy atom. The fourth-order valence-electron chi connectivity index (χ4n) is 5.21. The fourth-order valence-corrected chi connectivity index (χ4v) is 5.21. The summed E-state index contributed by atoms with van der Waals surface area (Å²) in [5, 5.41) is 1.29. The zero-order valence-corrected chi connectivity index (χ0v) is 19.7. The molecule has 1 aliphatic rings. The van der Waals surface area contributed by atoms with Crippen molar-refractivity contribution in [2.75, 3.05) is 20.1 Å². The van der Waals surface area contributed by atoms with Crippen LogP contribution in [0.2, 0.25) is 0 Å². The Morgan fingerprint density at radius 2 is 1.81 bits per heavy atom. The van der Waals surface area contributed by atoms with E-state index in [1.165, 1.54) is 40.4 Å². The number of benzene rings is 2. The summed E-state index contributed by atoms with van der Waals surface area (Å²) in [5.74, 6) is 1.58. The molecule has 0 aliphatic carbocycles. The van der Waals surface area contributed by atoms with Crippen molar-refractivity contribution in [2.24, 2.45) is 0 Å². The van der Waals surface area contributed by atoms with Crippen LogP contribution in [0.1, 0.15) is 90.9 Å². The first kappa shape index (κ1) is 21.8. The first-order chi connectivity index (χ1) is 14.8. The summed E-state index contributed by atoms with van der Waals surface area (Å²) >= 11 is 0. The highest BCUT2D eigenvalue weighted by Gasteiger charge is 2.22. The molecule has 3 nitrogen and oxygen atoms in total. The minimum Gasteiger partial charge on any atom is -0.361 e. The van der Waals surface area contributed by atoms with Crippen molar-refractivity contribution in [1.82, 2.24) is 9.88 Å². The number of hydrogen-bond donors (Lipinski definition) is 1. The van der Waals surface area contributed by atoms with E-state index in [1.807, 2.05) is 12.1 Å². The molecule has 1 aromatic heterocycles. The highest BCUT2D eigenvalue weighted by Crippen LogP contribution is 2.34. The van der Waals surface area contributed by atoms with E-state index >= 15 is 0 Å². The molecule has 31 heavy (non-hydrogen) atoms. The van der Waals surface area contributed by atoms with Gasteiger partial charge >= 0.3 is 0 Å². The number of nitrogens with zero attached hydrogens (tertiary/aromatic N) is 1. The summed E-state index contributed by atoms with van der Waals surface area (Å²) < 4.78 is 0. The van der Waals surface area contributed by atoms with Gasteiger partial charge in [0.25, 0.3) is 0 Å². The lowest BCUT2D eigenvalue weighted by Crippen LogP contribution is -2.29. The number of aromatic nitrogens is 1. The highest BCUT2D eigenvalue weighted by molar-refractivity contribution is 6.00. The third kappa shape index (κ3) is 4.48. The van der Waals surface area contributed by atoms with Crippen LogP contribution in [-0.2, 0) is 6.42 Å². The van der Waals surface area contributed by atoms with Gasteiger partial charge in [0.05, 0.1) is 0 Å². The van der Waals surface area contributed by atoms with Crippen LogP contribution < -0.4 is 0 Å². The number of fused-ring (bicyclic) bond motifs is 1. The molecule has 1 aliphatic heterocycles. The lowest BCUT2D eigenvalue weighted by Gasteiger charge is -2.28. The summed E-state index contributed by atoms with van der Waals surface area (Å²) in [4.78, 5) is 19.3. The van der Waals surface area contributed by atoms with Crippen LogP contribution in [-0.4, -0.2) is 35.8 Å². The number of carbonyl (C=O) groups excluding carboxylic acids is 1. The molecular weight excluding hydrogens is 380 g/mol. The molecule has 3 heteroatoms. The maximum atomic E-state index is 13.4. The number of nitrogens with one attached hydrogen (secondary N) is 1. The third-order valence-corrected chi connectivity index (χ3v) is 6.94. The third-order valence-electron chi connectivity index (χ3n) is 6.94. The van der Waals surface area contributed by atoms with Crippen molar-refractivity contribution >= 4 is 16.7 Å². The summed E-state index contributed by atoms with van der Waals surface area (Å²) in [6.45, 7) is 11.1. The smallest absolute Gasteiger partial charge is 0.167 e. The zero-order chi connectivity index (χ0) is 22.1. The molecule has 0 bridgehead atoms. The van der Waals surface area contributed by atoms with Crippen LogP contribution in [0.3, 0.4) is 0 Å². The molecule has 2 heterocycles. The highest BCUT2D eigenvalue weighted by atomic mass is 16.1. The number of hydrogen-bond acceptors (Lipinski definition) is 2. The number of H-pyrrole nitrogens is 1. The van der Waals surface area contributed by atoms with Crippen LogP contribution in [0.4, 0.5) is 0 Å². The molecular formula is C28H36N2O. The van der Waals surface area contributed by atoms with Crippen molar-refractivity contribution in [1.29, 1.82) is 0 Å². The minimum atomic E-state index is 0.224. The number of carbonyl (C=O) groups is 1. The van der Waals surface area contributed by atoms with Crippen molar-refractivity contribution in [2.45, 2.75) is 64.7 Å². The summed E-state index contributed by atoms with van der Waals surface area (Å²) in [7, 11) is 2.20. The van der Waals surface area contributed by atoms with Gasteiger partial charge in [0.1, 0.15) is 0 Å². The molecule has 0 atom stereocenters. The van der Waals surface area contributed by atoms with E-state index in [0.717, 1.165) is 24.2 Å². The monoisotopic (exact) mass is 416 g/mol. The van der Waals surface area contributed by atoms with Gasteiger partial charge in [-0.05, 0) is 85.1 Å². The van der Waals surface area contributed by atoms with E-state index in [0.29, 0.717) is 24.2 Å². The Labute approximate surface area is 186 Å². The normalized spacial score (nSPS) is 16.0. The second-order valence-electron chi connectivity index (χ2n) is 9.92. The molecule has 2 aromatic carbocycles. The number of likely N-dealkylation sites (tertiary alicyclic amines) is 1. The first-order valence-electron chi connectivity index (χ1n) is 11.8. The van der Waals surface area contributed by atoms with E-state index in [4.69, 9.17) is 0 Å². The van der Waals surface area contributed by atoms with Crippen molar-refractivity contribution in [3.63, 3.8) is 0 Å². The van der Waals surface area contributed by atoms with Crippen LogP contribution >= 0.6 is 0 Å². The number of rotatable bonds is 6. The van der Waals surface area contributed by atoms with Crippen molar-refractivity contribution in [3.05, 3.63) is 70.4 Å². The van der Waals surface area contributed by atoms with Gasteiger partial charge in [-0.25, -0.2) is 0 Å². The molecule has 164 valence electrons. The molecule has 0 radical (unpaired) electrons. The summed E-state index contributed by atoms with van der Waals surface area (Å²) in [6.07, 6.45) is 5.04. The quantitative estimate of drug-likeness (QED) is 0.457. The number of aromatic amines is 1. The lowest BCUT2D eigenvalue weighted by atomic mass is 9.84. The second kappa shape index (κ2) is 9.00. The van der Waals surface area contributed by atoms with Gasteiger partial charge in [0, 0.05) is 29.1 Å². The van der Waals surface area contributed by atoms with Crippen LogP contribution in [0, 0.1) is 0 Å². The molecule has 3 aromatic rings. The van der Waals surface area contributed by atoms with E-state index < -0.39 is 0 Å². The molecule has 1 fully saturated rings. The van der Waals surface area contributed by atoms with Crippen LogP contribution in [0.15, 0.2) is 42.6 Å². The maximum Gasteiger partial charge on any atom is 0.167 e. The molecule has 1 N–H and O–H groups in total. The van der Waals surface area contributed by atoms with Gasteiger partial charge in [-0.3, -0.25) is 4.79 Å². The largest absolute Gasteiger partial charge is 0.361 e. The topological polar surface area (TPSA) is 36.1 Å². The molecule has 4 rings (SSSR count). The Balaban J connectivity index is 1.63. The predicted octanol–water partition coefficient (Wildman–Crippen LogP) is 6.65. The first-order valence-corrected chi connectivity index (χ1v) is 11.8. The summed E-state index contributed by atoms with van der Waals surface area (Å²) in [6, 6.07) is 12.7. The Kier molecular flexibility index (Phi) is 6.34. The van der Waals surface area contributed by atoms with Gasteiger partial charge in [-0.1, -0.05) is 52.0 Å². The lowest BCUT2D eigenvalue weighted by molar-refractivity contribution is 0.0991. The molecule has 0 unspecified atom stereocenters. The Hall–Kier alpha value is -2.39. The fraction of sp³-hybridized carbons (Fsp3) is 0.464. The number of ketones is 1. The van der Waals surface area contributed by atoms with Gasteiger partial charge in [-0.2, -0.15) is 0 Å². The average Bonchev–Trinajstić information content (AvgIpc) is 3.16. The maximum absolute atomic E-state index is 13.4. The second-order valence-corrected chi connectivity index (χ2v) is 9.92. The molecule has 0 amide bonds. The minimum absolute atomic E-state index is 0.224. The van der Waals surface area contributed by atoms with Crippen molar-refractivity contribution < 1.29 is 4.79 Å². The van der Waals surface area contributed by atoms with Gasteiger partial charge in [0.15, 0.2) is 5.78 Å². The van der Waals surface area contributed by atoms with Crippen LogP contribution in [0.25, 0.3) is 10.9 Å². The van der Waals surface area contributed by atoms with Crippen molar-refractivity contribution in [3.8, 4) is 0 Å². The Morgan fingerprint density at radius 3 is 2.48 bits per heavy atom. The Bertz CT molecular complexity index is 1070. The average molecular weight is 417 g/mol. The number of Topliss-reactive ketones (excluding diaryl/α,β-unsaturated/α-hetero) is 1. The predicted molar refractivity (Wildman–Crippen MR) is 130 cm³/mol.